The van der Waals surface area contributed by atoms with Gasteiger partial charge in [-0.3, -0.25) is 4.99 Å². The largest absolute Gasteiger partial charge is 0.387 e. The molecule has 0 aromatic rings. The zero-order valence-corrected chi connectivity index (χ0v) is 9.53. The molecular weight excluding hydrogens is 200 g/mol. The number of thioether (sulfide) groups is 2. The molecule has 2 N–H and O–H groups in total. The first-order chi connectivity index (χ1) is 6.27. The van der Waals surface area contributed by atoms with Crippen molar-refractivity contribution in [3.63, 3.8) is 0 Å². The summed E-state index contributed by atoms with van der Waals surface area (Å²) in [5, 5.41) is 1.11. The van der Waals surface area contributed by atoms with Gasteiger partial charge in [0.25, 0.3) is 0 Å². The average molecular weight is 216 g/mol. The van der Waals surface area contributed by atoms with Crippen LogP contribution in [0.25, 0.3) is 0 Å². The van der Waals surface area contributed by atoms with Gasteiger partial charge in [0.2, 0.25) is 0 Å². The fraction of sp³-hybridized carbons (Fsp3) is 0.889. The molecule has 2 nitrogen and oxygen atoms in total. The molecule has 2 aliphatic rings. The molecule has 1 saturated heterocycles. The molecular formula is C9H16N2S2. The number of nitrogens with zero attached hydrogens (tertiary/aromatic N) is 1. The second kappa shape index (κ2) is 4.13. The van der Waals surface area contributed by atoms with Crippen molar-refractivity contribution in [2.24, 2.45) is 10.7 Å². The molecule has 2 atom stereocenters. The van der Waals surface area contributed by atoms with E-state index in [4.69, 9.17) is 5.73 Å². The zero-order valence-electron chi connectivity index (χ0n) is 7.90. The van der Waals surface area contributed by atoms with Crippen LogP contribution in [0.3, 0.4) is 0 Å². The third-order valence-corrected chi connectivity index (χ3v) is 5.48. The minimum absolute atomic E-state index is 0.472. The lowest BCUT2D eigenvalue weighted by atomic mass is 10.3. The number of hydrogen-bond donors (Lipinski definition) is 1. The second-order valence-corrected chi connectivity index (χ2v) is 6.39. The maximum atomic E-state index is 6.00. The number of nitrogens with two attached hydrogens (primary N) is 1. The number of rotatable bonds is 2. The predicted octanol–water partition coefficient (Wildman–Crippen LogP) is 1.74. The van der Waals surface area contributed by atoms with Crippen molar-refractivity contribution in [2.75, 3.05) is 11.5 Å². The average Bonchev–Trinajstić information content (AvgIpc) is 2.89. The quantitative estimate of drug-likeness (QED) is 0.564. The van der Waals surface area contributed by atoms with Crippen LogP contribution in [0.5, 0.6) is 0 Å². The molecule has 0 spiro atoms. The van der Waals surface area contributed by atoms with Gasteiger partial charge in [-0.05, 0) is 12.8 Å². The summed E-state index contributed by atoms with van der Waals surface area (Å²) in [6.07, 6.45) is 2.50. The summed E-state index contributed by atoms with van der Waals surface area (Å²) < 4.78 is 0. The summed E-state index contributed by atoms with van der Waals surface area (Å²) in [6.45, 7) is 2.26. The Hall–Kier alpha value is 0.170. The molecule has 0 aromatic carbocycles. The second-order valence-electron chi connectivity index (χ2n) is 3.65. The van der Waals surface area contributed by atoms with Crippen LogP contribution in [0.1, 0.15) is 19.8 Å². The van der Waals surface area contributed by atoms with Gasteiger partial charge in [0.15, 0.2) is 0 Å². The van der Waals surface area contributed by atoms with Gasteiger partial charge in [0, 0.05) is 16.8 Å². The molecule has 1 aliphatic carbocycles. The van der Waals surface area contributed by atoms with E-state index >= 15 is 0 Å². The molecule has 2 rings (SSSR count). The minimum Gasteiger partial charge on any atom is -0.387 e. The van der Waals surface area contributed by atoms with Crippen molar-refractivity contribution in [3.05, 3.63) is 0 Å². The molecule has 2 unspecified atom stereocenters. The standard InChI is InChI=1S/C9H16N2S2/c1-6-8(13-5-4-12-6)9(10)11-7-2-3-7/h6-8H,2-5H2,1H3,(H2,10,11). The van der Waals surface area contributed by atoms with Crippen molar-refractivity contribution in [3.8, 4) is 0 Å². The predicted molar refractivity (Wildman–Crippen MR) is 62.8 cm³/mol. The molecule has 13 heavy (non-hydrogen) atoms. The lowest BCUT2D eigenvalue weighted by Gasteiger charge is -2.27. The van der Waals surface area contributed by atoms with Crippen LogP contribution in [0.15, 0.2) is 4.99 Å². The topological polar surface area (TPSA) is 38.4 Å². The highest BCUT2D eigenvalue weighted by molar-refractivity contribution is 8.07. The zero-order chi connectivity index (χ0) is 9.26. The molecule has 0 aromatic heterocycles. The Bertz CT molecular complexity index is 214. The Kier molecular flexibility index (Phi) is 3.09. The van der Waals surface area contributed by atoms with Crippen molar-refractivity contribution < 1.29 is 0 Å². The Morgan fingerprint density at radius 2 is 2.00 bits per heavy atom. The van der Waals surface area contributed by atoms with E-state index < -0.39 is 0 Å². The van der Waals surface area contributed by atoms with Gasteiger partial charge in [-0.2, -0.15) is 11.8 Å². The summed E-state index contributed by atoms with van der Waals surface area (Å²) in [7, 11) is 0. The number of hydrogen-bond acceptors (Lipinski definition) is 3. The highest BCUT2D eigenvalue weighted by Gasteiger charge is 2.28. The SMILES string of the molecule is CC1SCCSC1C(N)=NC1CC1. The highest BCUT2D eigenvalue weighted by atomic mass is 32.2. The summed E-state index contributed by atoms with van der Waals surface area (Å²) in [5.74, 6) is 3.38. The van der Waals surface area contributed by atoms with Crippen LogP contribution in [0.4, 0.5) is 0 Å². The first-order valence-corrected chi connectivity index (χ1v) is 6.93. The fourth-order valence-corrected chi connectivity index (χ4v) is 4.13. The monoisotopic (exact) mass is 216 g/mol. The Labute approximate surface area is 88.1 Å². The third kappa shape index (κ3) is 2.56. The van der Waals surface area contributed by atoms with E-state index in [2.05, 4.69) is 11.9 Å². The molecule has 1 saturated carbocycles. The van der Waals surface area contributed by atoms with Crippen molar-refractivity contribution in [1.82, 2.24) is 0 Å². The fourth-order valence-electron chi connectivity index (χ4n) is 1.45. The summed E-state index contributed by atoms with van der Waals surface area (Å²) in [5.41, 5.74) is 6.00. The Morgan fingerprint density at radius 3 is 2.62 bits per heavy atom. The van der Waals surface area contributed by atoms with Gasteiger partial charge in [0.05, 0.1) is 11.3 Å². The van der Waals surface area contributed by atoms with E-state index in [1.807, 2.05) is 23.5 Å². The van der Waals surface area contributed by atoms with Crippen LogP contribution < -0.4 is 5.73 Å². The first-order valence-electron chi connectivity index (χ1n) is 4.84. The highest BCUT2D eigenvalue weighted by Crippen LogP contribution is 2.32. The molecule has 74 valence electrons. The summed E-state index contributed by atoms with van der Waals surface area (Å²) >= 11 is 3.99. The van der Waals surface area contributed by atoms with Gasteiger partial charge in [-0.25, -0.2) is 0 Å². The van der Waals surface area contributed by atoms with E-state index in [0.29, 0.717) is 16.5 Å². The lowest BCUT2D eigenvalue weighted by Crippen LogP contribution is -2.36. The first kappa shape index (κ1) is 9.71. The normalized spacial score (nSPS) is 36.2. The van der Waals surface area contributed by atoms with Crippen molar-refractivity contribution in [2.45, 2.75) is 36.3 Å². The molecule has 0 radical (unpaired) electrons. The number of aliphatic imine (C=N–C) groups is 1. The Balaban J connectivity index is 1.96. The minimum atomic E-state index is 0.472. The van der Waals surface area contributed by atoms with E-state index in [-0.39, 0.29) is 0 Å². The number of amidine groups is 1. The van der Waals surface area contributed by atoms with E-state index in [9.17, 15) is 0 Å². The van der Waals surface area contributed by atoms with Gasteiger partial charge in [-0.1, -0.05) is 6.92 Å². The van der Waals surface area contributed by atoms with Crippen LogP contribution in [-0.2, 0) is 0 Å². The van der Waals surface area contributed by atoms with Gasteiger partial charge >= 0.3 is 0 Å². The third-order valence-electron chi connectivity index (χ3n) is 2.36. The molecule has 2 fully saturated rings. The Morgan fingerprint density at radius 1 is 1.31 bits per heavy atom. The van der Waals surface area contributed by atoms with E-state index in [0.717, 1.165) is 5.84 Å². The molecule has 0 bridgehead atoms. The van der Waals surface area contributed by atoms with Gasteiger partial charge in [0.1, 0.15) is 5.84 Å². The summed E-state index contributed by atoms with van der Waals surface area (Å²) in [6, 6.07) is 0.569. The molecule has 1 aliphatic heterocycles. The van der Waals surface area contributed by atoms with E-state index in [1.165, 1.54) is 24.3 Å². The molecule has 4 heteroatoms. The van der Waals surface area contributed by atoms with Crippen molar-refractivity contribution in [1.29, 1.82) is 0 Å². The lowest BCUT2D eigenvalue weighted by molar-refractivity contribution is 0.974. The van der Waals surface area contributed by atoms with Crippen LogP contribution in [0, 0.1) is 0 Å². The van der Waals surface area contributed by atoms with Gasteiger partial charge in [-0.15, -0.1) is 11.8 Å². The van der Waals surface area contributed by atoms with E-state index in [1.54, 1.807) is 0 Å². The maximum Gasteiger partial charge on any atom is 0.108 e. The smallest absolute Gasteiger partial charge is 0.108 e. The van der Waals surface area contributed by atoms with Crippen molar-refractivity contribution >= 4 is 29.4 Å². The maximum absolute atomic E-state index is 6.00. The van der Waals surface area contributed by atoms with Crippen LogP contribution >= 0.6 is 23.5 Å². The van der Waals surface area contributed by atoms with Crippen LogP contribution in [0.2, 0.25) is 0 Å². The van der Waals surface area contributed by atoms with Crippen LogP contribution in [-0.4, -0.2) is 33.9 Å². The van der Waals surface area contributed by atoms with Gasteiger partial charge < -0.3 is 5.73 Å². The molecule has 1 heterocycles. The summed E-state index contributed by atoms with van der Waals surface area (Å²) in [4.78, 5) is 4.52. The molecule has 0 amide bonds.